The number of ether oxygens (including phenoxy) is 5. The Kier molecular flexibility index (Phi) is 9.33. The van der Waals surface area contributed by atoms with Crippen molar-refractivity contribution in [2.24, 2.45) is 0 Å². The molecule has 19 heteroatoms. The van der Waals surface area contributed by atoms with E-state index in [1.807, 2.05) is 0 Å². The van der Waals surface area contributed by atoms with Crippen molar-refractivity contribution in [3.8, 4) is 0 Å². The molecule has 250 valence electrons. The molecule has 18 nitrogen and oxygen atoms in total. The molecule has 4 heterocycles. The van der Waals surface area contributed by atoms with Crippen LogP contribution in [0.4, 0.5) is 10.6 Å². The topological polar surface area (TPSA) is 234 Å². The van der Waals surface area contributed by atoms with Gasteiger partial charge in [-0.1, -0.05) is 0 Å². The van der Waals surface area contributed by atoms with E-state index in [2.05, 4.69) is 20.3 Å². The van der Waals surface area contributed by atoms with E-state index < -0.39 is 88.9 Å². The minimum absolute atomic E-state index is 0.157. The summed E-state index contributed by atoms with van der Waals surface area (Å²) in [6, 6.07) is -1.68. The Hall–Kier alpha value is -3.65. The first-order valence-electron chi connectivity index (χ1n) is 14.0. The van der Waals surface area contributed by atoms with Crippen LogP contribution < -0.4 is 15.8 Å². The molecular formula is C26H39N7O11S. The molecule has 2 aliphatic rings. The fourth-order valence-electron chi connectivity index (χ4n) is 4.66. The number of hydrogen-bond donors (Lipinski definition) is 3. The third kappa shape index (κ3) is 8.75. The lowest BCUT2D eigenvalue weighted by Crippen LogP contribution is -2.51. The summed E-state index contributed by atoms with van der Waals surface area (Å²) in [5, 5.41) is 2.21. The second-order valence-electron chi connectivity index (χ2n) is 12.9. The molecule has 2 amide bonds. The maximum atomic E-state index is 13.0. The van der Waals surface area contributed by atoms with Crippen LogP contribution in [0.15, 0.2) is 12.7 Å². The van der Waals surface area contributed by atoms with Crippen LogP contribution in [0.3, 0.4) is 0 Å². The quantitative estimate of drug-likeness (QED) is 0.317. The van der Waals surface area contributed by atoms with E-state index in [0.29, 0.717) is 11.2 Å². The van der Waals surface area contributed by atoms with Crippen LogP contribution in [0.1, 0.15) is 68.0 Å². The molecule has 2 saturated heterocycles. The average Bonchev–Trinajstić information content (AvgIpc) is 3.51. The number of carbonyl (C=O) groups excluding carboxylic acids is 3. The molecule has 0 spiro atoms. The predicted molar refractivity (Wildman–Crippen MR) is 154 cm³/mol. The number of nitrogens with one attached hydrogen (secondary N) is 2. The first kappa shape index (κ1) is 34.2. The van der Waals surface area contributed by atoms with E-state index in [9.17, 15) is 22.8 Å². The molecule has 4 N–H and O–H groups in total. The highest BCUT2D eigenvalue weighted by molar-refractivity contribution is 7.85. The van der Waals surface area contributed by atoms with Gasteiger partial charge in [0, 0.05) is 0 Å². The van der Waals surface area contributed by atoms with Gasteiger partial charge in [-0.3, -0.25) is 18.3 Å². The van der Waals surface area contributed by atoms with E-state index in [1.54, 1.807) is 64.7 Å². The lowest BCUT2D eigenvalue weighted by atomic mass is 10.1. The summed E-state index contributed by atoms with van der Waals surface area (Å²) in [5.41, 5.74) is 4.76. The molecule has 0 radical (unpaired) electrons. The summed E-state index contributed by atoms with van der Waals surface area (Å²) >= 11 is 0. The van der Waals surface area contributed by atoms with Crippen LogP contribution in [0.25, 0.3) is 11.2 Å². The maximum absolute atomic E-state index is 13.0. The Labute approximate surface area is 259 Å². The molecule has 0 saturated carbocycles. The zero-order chi connectivity index (χ0) is 33.5. The van der Waals surface area contributed by atoms with Crippen molar-refractivity contribution < 1.29 is 50.7 Å². The molecule has 0 aromatic carbocycles. The number of nitrogens with zero attached hydrogens (tertiary/aromatic N) is 4. The summed E-state index contributed by atoms with van der Waals surface area (Å²) < 4.78 is 62.7. The number of imidazole rings is 1. The van der Waals surface area contributed by atoms with Crippen LogP contribution in [0.2, 0.25) is 0 Å². The number of esters is 1. The number of carbonyl (C=O) groups is 3. The SMILES string of the molecule is CC(C)(C)OC(=O)C[C@@H](NC(=O)OC(C)(C)C)C(=O)NS(=O)(=O)OC[C@H]1O[C@@H](n2cnc3c(N)ncnc32)[C@@H]2OC(C)(C)O[C@@H]21. The van der Waals surface area contributed by atoms with Crippen LogP contribution in [0.5, 0.6) is 0 Å². The summed E-state index contributed by atoms with van der Waals surface area (Å²) in [6.07, 6.45) is -2.42. The van der Waals surface area contributed by atoms with Gasteiger partial charge in [-0.25, -0.2) is 24.5 Å². The Morgan fingerprint density at radius 1 is 1.04 bits per heavy atom. The molecule has 2 aromatic heterocycles. The van der Waals surface area contributed by atoms with Crippen LogP contribution in [-0.4, -0.2) is 93.9 Å². The van der Waals surface area contributed by atoms with Gasteiger partial charge < -0.3 is 34.7 Å². The van der Waals surface area contributed by atoms with Gasteiger partial charge in [-0.05, 0) is 55.4 Å². The molecule has 5 atom stereocenters. The van der Waals surface area contributed by atoms with Crippen molar-refractivity contribution in [2.75, 3.05) is 12.3 Å². The number of hydrogen-bond acceptors (Lipinski definition) is 15. The highest BCUT2D eigenvalue weighted by Crippen LogP contribution is 2.44. The van der Waals surface area contributed by atoms with Crippen LogP contribution in [0, 0.1) is 0 Å². The standard InChI is InChI=1S/C26H39N7O11S/c1-24(2,3)41-15(34)9-13(31-23(36)44-25(4,5)6)21(35)32-45(37,38)39-10-14-17-18(43-26(7,8)42-17)22(40-14)33-12-30-16-19(27)28-11-29-20(16)33/h11-14,17-18,22H,9-10H2,1-8H3,(H,31,36)(H,32,35)(H2,27,28,29)/t13-,14-,17-,18-,22-/m1/s1. The van der Waals surface area contributed by atoms with Gasteiger partial charge in [0.15, 0.2) is 23.5 Å². The molecule has 0 aliphatic carbocycles. The first-order chi connectivity index (χ1) is 20.6. The van der Waals surface area contributed by atoms with E-state index in [0.717, 1.165) is 0 Å². The van der Waals surface area contributed by atoms with Crippen molar-refractivity contribution in [3.63, 3.8) is 0 Å². The normalized spacial score (nSPS) is 23.7. The largest absolute Gasteiger partial charge is 0.460 e. The molecule has 2 aliphatic heterocycles. The lowest BCUT2D eigenvalue weighted by molar-refractivity contribution is -0.198. The van der Waals surface area contributed by atoms with Gasteiger partial charge >= 0.3 is 22.4 Å². The first-order valence-corrected chi connectivity index (χ1v) is 15.4. The molecule has 0 bridgehead atoms. The molecule has 0 unspecified atom stereocenters. The minimum atomic E-state index is -4.80. The lowest BCUT2D eigenvalue weighted by Gasteiger charge is -2.25. The minimum Gasteiger partial charge on any atom is -0.460 e. The monoisotopic (exact) mass is 657 g/mol. The number of alkyl carbamates (subject to hydrolysis) is 1. The zero-order valence-electron chi connectivity index (χ0n) is 26.2. The summed E-state index contributed by atoms with van der Waals surface area (Å²) in [7, 11) is -4.80. The number of aromatic nitrogens is 4. The Morgan fingerprint density at radius 3 is 2.33 bits per heavy atom. The van der Waals surface area contributed by atoms with Crippen molar-refractivity contribution in [1.29, 1.82) is 0 Å². The van der Waals surface area contributed by atoms with E-state index in [-0.39, 0.29) is 5.82 Å². The second-order valence-corrected chi connectivity index (χ2v) is 14.3. The van der Waals surface area contributed by atoms with Crippen molar-refractivity contribution >= 4 is 45.3 Å². The Bertz CT molecular complexity index is 1520. The highest BCUT2D eigenvalue weighted by Gasteiger charge is 2.56. The van der Waals surface area contributed by atoms with E-state index >= 15 is 0 Å². The van der Waals surface area contributed by atoms with Gasteiger partial charge in [-0.15, -0.1) is 0 Å². The Balaban J connectivity index is 1.46. The third-order valence-electron chi connectivity index (χ3n) is 6.20. The zero-order valence-corrected chi connectivity index (χ0v) is 27.0. The van der Waals surface area contributed by atoms with Gasteiger partial charge in [0.05, 0.1) is 19.4 Å². The third-order valence-corrected chi connectivity index (χ3v) is 7.10. The molecule has 2 aromatic rings. The van der Waals surface area contributed by atoms with Crippen LogP contribution >= 0.6 is 0 Å². The average molecular weight is 658 g/mol. The molecule has 45 heavy (non-hydrogen) atoms. The van der Waals surface area contributed by atoms with E-state index in [4.69, 9.17) is 33.6 Å². The number of amides is 2. The van der Waals surface area contributed by atoms with Crippen molar-refractivity contribution in [1.82, 2.24) is 29.6 Å². The number of rotatable bonds is 9. The summed E-state index contributed by atoms with van der Waals surface area (Å²) in [5.74, 6) is -3.02. The predicted octanol–water partition coefficient (Wildman–Crippen LogP) is 0.829. The molecular weight excluding hydrogens is 618 g/mol. The number of nitrogens with two attached hydrogens (primary N) is 1. The number of nitrogen functional groups attached to an aromatic ring is 1. The number of anilines is 1. The summed E-state index contributed by atoms with van der Waals surface area (Å²) in [6.45, 7) is 12.4. The molecule has 4 rings (SSSR count). The fourth-order valence-corrected chi connectivity index (χ4v) is 5.42. The maximum Gasteiger partial charge on any atom is 0.408 e. The fraction of sp³-hybridized carbons (Fsp3) is 0.692. The Morgan fingerprint density at radius 2 is 1.69 bits per heavy atom. The van der Waals surface area contributed by atoms with Gasteiger partial charge in [-0.2, -0.15) is 8.42 Å². The molecule has 2 fully saturated rings. The van der Waals surface area contributed by atoms with E-state index in [1.165, 1.54) is 12.7 Å². The van der Waals surface area contributed by atoms with Crippen LogP contribution in [-0.2, 0) is 47.8 Å². The summed E-state index contributed by atoms with van der Waals surface area (Å²) in [4.78, 5) is 50.3. The van der Waals surface area contributed by atoms with Crippen molar-refractivity contribution in [3.05, 3.63) is 12.7 Å². The van der Waals surface area contributed by atoms with Gasteiger partial charge in [0.2, 0.25) is 0 Å². The van der Waals surface area contributed by atoms with Crippen molar-refractivity contribution in [2.45, 2.75) is 109 Å². The second kappa shape index (κ2) is 12.3. The van der Waals surface area contributed by atoms with Gasteiger partial charge in [0.25, 0.3) is 5.91 Å². The number of fused-ring (bicyclic) bond motifs is 2. The highest BCUT2D eigenvalue weighted by atomic mass is 32.2. The van der Waals surface area contributed by atoms with Gasteiger partial charge in [0.1, 0.15) is 47.4 Å². The smallest absolute Gasteiger partial charge is 0.408 e.